The van der Waals surface area contributed by atoms with Gasteiger partial charge in [0.2, 0.25) is 5.91 Å². The molecule has 13 heavy (non-hydrogen) atoms. The zero-order chi connectivity index (χ0) is 9.90. The lowest BCUT2D eigenvalue weighted by atomic mass is 9.86. The molecule has 1 fully saturated rings. The molecular weight excluding hydrogens is 170 g/mol. The topological polar surface area (TPSA) is 58.6 Å². The molecule has 1 aliphatic rings. The van der Waals surface area contributed by atoms with E-state index in [1.807, 2.05) is 13.8 Å². The van der Waals surface area contributed by atoms with Gasteiger partial charge in [-0.1, -0.05) is 0 Å². The standard InChI is InChI=1S/C9H17NO3/c1-9(2)6-7(3-4-13-9)5-8(11)10-12/h7,12H,3-6H2,1-2H3,(H,10,11). The van der Waals surface area contributed by atoms with E-state index in [2.05, 4.69) is 0 Å². The van der Waals surface area contributed by atoms with Gasteiger partial charge in [-0.25, -0.2) is 5.48 Å². The molecule has 0 spiro atoms. The minimum absolute atomic E-state index is 0.126. The van der Waals surface area contributed by atoms with Gasteiger partial charge in [0.1, 0.15) is 0 Å². The molecule has 1 atom stereocenters. The van der Waals surface area contributed by atoms with E-state index in [0.29, 0.717) is 18.9 Å². The average molecular weight is 187 g/mol. The maximum absolute atomic E-state index is 10.9. The van der Waals surface area contributed by atoms with Crippen LogP contribution in [0.2, 0.25) is 0 Å². The summed E-state index contributed by atoms with van der Waals surface area (Å²) in [4.78, 5) is 10.9. The Labute approximate surface area is 78.2 Å². The Kier molecular flexibility index (Phi) is 3.27. The van der Waals surface area contributed by atoms with Crippen molar-refractivity contribution in [2.24, 2.45) is 5.92 Å². The van der Waals surface area contributed by atoms with Crippen LogP contribution < -0.4 is 5.48 Å². The maximum atomic E-state index is 10.9. The monoisotopic (exact) mass is 187 g/mol. The normalized spacial score (nSPS) is 26.8. The Hall–Kier alpha value is -0.610. The van der Waals surface area contributed by atoms with Crippen LogP contribution >= 0.6 is 0 Å². The van der Waals surface area contributed by atoms with Gasteiger partial charge in [-0.2, -0.15) is 0 Å². The third kappa shape index (κ3) is 3.32. The summed E-state index contributed by atoms with van der Waals surface area (Å²) in [6.07, 6.45) is 2.17. The average Bonchev–Trinajstić information content (AvgIpc) is 2.02. The van der Waals surface area contributed by atoms with Crippen molar-refractivity contribution in [3.63, 3.8) is 0 Å². The number of carbonyl (C=O) groups excluding carboxylic acids is 1. The second-order valence-corrected chi connectivity index (χ2v) is 4.21. The lowest BCUT2D eigenvalue weighted by Crippen LogP contribution is -2.36. The molecule has 1 aliphatic heterocycles. The molecule has 4 heteroatoms. The van der Waals surface area contributed by atoms with Crippen molar-refractivity contribution in [2.45, 2.75) is 38.7 Å². The molecule has 1 heterocycles. The fraction of sp³-hybridized carbons (Fsp3) is 0.889. The smallest absolute Gasteiger partial charge is 0.243 e. The summed E-state index contributed by atoms with van der Waals surface area (Å²) in [6, 6.07) is 0. The van der Waals surface area contributed by atoms with Crippen LogP contribution in [0.4, 0.5) is 0 Å². The zero-order valence-electron chi connectivity index (χ0n) is 8.17. The van der Waals surface area contributed by atoms with E-state index in [1.165, 1.54) is 0 Å². The minimum atomic E-state index is -0.303. The molecule has 1 amide bonds. The first-order valence-corrected chi connectivity index (χ1v) is 4.60. The van der Waals surface area contributed by atoms with Crippen molar-refractivity contribution in [3.8, 4) is 0 Å². The summed E-state index contributed by atoms with van der Waals surface area (Å²) in [7, 11) is 0. The first-order valence-electron chi connectivity index (χ1n) is 4.60. The number of ether oxygens (including phenoxy) is 1. The highest BCUT2D eigenvalue weighted by Crippen LogP contribution is 2.30. The summed E-state index contributed by atoms with van der Waals surface area (Å²) in [5.74, 6) is 0.0265. The molecule has 0 radical (unpaired) electrons. The number of rotatable bonds is 2. The van der Waals surface area contributed by atoms with Gasteiger partial charge in [0, 0.05) is 13.0 Å². The van der Waals surface area contributed by atoms with Gasteiger partial charge in [-0.3, -0.25) is 10.0 Å². The van der Waals surface area contributed by atoms with Crippen LogP contribution in [-0.4, -0.2) is 23.3 Å². The van der Waals surface area contributed by atoms with E-state index in [-0.39, 0.29) is 11.5 Å². The van der Waals surface area contributed by atoms with Gasteiger partial charge in [0.05, 0.1) is 5.60 Å². The van der Waals surface area contributed by atoms with Crippen molar-refractivity contribution < 1.29 is 14.7 Å². The Morgan fingerprint density at radius 1 is 1.69 bits per heavy atom. The van der Waals surface area contributed by atoms with E-state index in [4.69, 9.17) is 9.94 Å². The van der Waals surface area contributed by atoms with Crippen LogP contribution in [0.25, 0.3) is 0 Å². The van der Waals surface area contributed by atoms with Gasteiger partial charge in [0.15, 0.2) is 0 Å². The fourth-order valence-corrected chi connectivity index (χ4v) is 1.84. The van der Waals surface area contributed by atoms with Gasteiger partial charge < -0.3 is 4.74 Å². The van der Waals surface area contributed by atoms with Crippen LogP contribution in [0.1, 0.15) is 33.1 Å². The Bertz CT molecular complexity index is 191. The lowest BCUT2D eigenvalue weighted by molar-refractivity contribution is -0.132. The Morgan fingerprint density at radius 3 is 2.92 bits per heavy atom. The Morgan fingerprint density at radius 2 is 2.38 bits per heavy atom. The highest BCUT2D eigenvalue weighted by Gasteiger charge is 2.29. The first kappa shape index (κ1) is 10.5. The molecule has 1 saturated heterocycles. The van der Waals surface area contributed by atoms with Gasteiger partial charge in [0.25, 0.3) is 0 Å². The molecule has 76 valence electrons. The van der Waals surface area contributed by atoms with E-state index in [0.717, 1.165) is 12.8 Å². The highest BCUT2D eigenvalue weighted by molar-refractivity contribution is 5.74. The van der Waals surface area contributed by atoms with Gasteiger partial charge in [-0.05, 0) is 32.6 Å². The zero-order valence-corrected chi connectivity index (χ0v) is 8.17. The quantitative estimate of drug-likeness (QED) is 0.502. The first-order chi connectivity index (χ1) is 6.03. The molecule has 4 nitrogen and oxygen atoms in total. The second kappa shape index (κ2) is 4.07. The summed E-state index contributed by atoms with van der Waals surface area (Å²) in [5.41, 5.74) is 1.53. The summed E-state index contributed by atoms with van der Waals surface area (Å²) < 4.78 is 5.52. The summed E-state index contributed by atoms with van der Waals surface area (Å²) in [6.45, 7) is 4.75. The number of hydrogen-bond acceptors (Lipinski definition) is 3. The molecule has 0 aromatic heterocycles. The number of hydrogen-bond donors (Lipinski definition) is 2. The number of carbonyl (C=O) groups is 1. The van der Waals surface area contributed by atoms with E-state index in [9.17, 15) is 4.79 Å². The van der Waals surface area contributed by atoms with Gasteiger partial charge in [-0.15, -0.1) is 0 Å². The molecule has 1 rings (SSSR count). The van der Waals surface area contributed by atoms with E-state index < -0.39 is 0 Å². The molecule has 0 aromatic carbocycles. The van der Waals surface area contributed by atoms with Crippen LogP contribution in [0.3, 0.4) is 0 Å². The SMILES string of the molecule is CC1(C)CC(CC(=O)NO)CCO1. The molecule has 0 saturated carbocycles. The van der Waals surface area contributed by atoms with Crippen LogP contribution in [0.5, 0.6) is 0 Å². The predicted octanol–water partition coefficient (Wildman–Crippen LogP) is 1.09. The van der Waals surface area contributed by atoms with Crippen LogP contribution in [0.15, 0.2) is 0 Å². The largest absolute Gasteiger partial charge is 0.376 e. The minimum Gasteiger partial charge on any atom is -0.376 e. The number of amides is 1. The molecule has 1 unspecified atom stereocenters. The van der Waals surface area contributed by atoms with Crippen molar-refractivity contribution in [1.82, 2.24) is 5.48 Å². The number of nitrogens with one attached hydrogen (secondary N) is 1. The van der Waals surface area contributed by atoms with Crippen molar-refractivity contribution >= 4 is 5.91 Å². The lowest BCUT2D eigenvalue weighted by Gasteiger charge is -2.35. The third-order valence-electron chi connectivity index (χ3n) is 2.40. The van der Waals surface area contributed by atoms with Crippen molar-refractivity contribution in [1.29, 1.82) is 0 Å². The van der Waals surface area contributed by atoms with Crippen molar-refractivity contribution in [3.05, 3.63) is 0 Å². The van der Waals surface area contributed by atoms with Crippen LogP contribution in [0, 0.1) is 5.92 Å². The highest BCUT2D eigenvalue weighted by atomic mass is 16.5. The molecule has 0 aromatic rings. The summed E-state index contributed by atoms with van der Waals surface area (Å²) in [5, 5.41) is 8.36. The fourth-order valence-electron chi connectivity index (χ4n) is 1.84. The predicted molar refractivity (Wildman–Crippen MR) is 47.3 cm³/mol. The molecule has 0 aliphatic carbocycles. The van der Waals surface area contributed by atoms with E-state index in [1.54, 1.807) is 5.48 Å². The van der Waals surface area contributed by atoms with E-state index >= 15 is 0 Å². The van der Waals surface area contributed by atoms with Gasteiger partial charge >= 0.3 is 0 Å². The summed E-state index contributed by atoms with van der Waals surface area (Å²) >= 11 is 0. The number of hydroxylamine groups is 1. The molecule has 0 bridgehead atoms. The Balaban J connectivity index is 2.39. The molecular formula is C9H17NO3. The third-order valence-corrected chi connectivity index (χ3v) is 2.40. The molecule has 2 N–H and O–H groups in total. The second-order valence-electron chi connectivity index (χ2n) is 4.21. The maximum Gasteiger partial charge on any atom is 0.243 e. The van der Waals surface area contributed by atoms with Crippen molar-refractivity contribution in [2.75, 3.05) is 6.61 Å². The van der Waals surface area contributed by atoms with Crippen LogP contribution in [-0.2, 0) is 9.53 Å².